The van der Waals surface area contributed by atoms with Gasteiger partial charge in [-0.3, -0.25) is 4.79 Å². The summed E-state index contributed by atoms with van der Waals surface area (Å²) >= 11 is 5.31. The van der Waals surface area contributed by atoms with E-state index in [4.69, 9.17) is 16.3 Å². The molecule has 1 saturated heterocycles. The topological polar surface area (TPSA) is 29.5 Å². The van der Waals surface area contributed by atoms with Gasteiger partial charge in [-0.25, -0.2) is 0 Å². The molecule has 1 amide bonds. The van der Waals surface area contributed by atoms with Crippen LogP contribution in [-0.2, 0) is 4.74 Å². The van der Waals surface area contributed by atoms with Gasteiger partial charge >= 0.3 is 5.37 Å². The summed E-state index contributed by atoms with van der Waals surface area (Å²) < 4.78 is 5.35. The SMILES string of the molecule is CCC1CN(C(=O)Cl)CCO1. The van der Waals surface area contributed by atoms with E-state index in [0.29, 0.717) is 19.7 Å². The number of amides is 1. The predicted octanol–water partition coefficient (Wildman–Crippen LogP) is 1.46. The molecular weight excluding hydrogens is 166 g/mol. The standard InChI is InChI=1S/C7H12ClNO2/c1-2-6-5-9(7(8)10)3-4-11-6/h6H,2-5H2,1H3. The zero-order valence-electron chi connectivity index (χ0n) is 6.55. The molecule has 1 aliphatic rings. The molecule has 1 aliphatic heterocycles. The van der Waals surface area contributed by atoms with Gasteiger partial charge in [-0.15, -0.1) is 0 Å². The maximum Gasteiger partial charge on any atom is 0.316 e. The number of carbonyl (C=O) groups is 1. The summed E-state index contributed by atoms with van der Waals surface area (Å²) in [6.45, 7) is 3.90. The van der Waals surface area contributed by atoms with Crippen LogP contribution in [0, 0.1) is 0 Å². The molecule has 1 rings (SSSR count). The van der Waals surface area contributed by atoms with Gasteiger partial charge in [-0.2, -0.15) is 0 Å². The predicted molar refractivity (Wildman–Crippen MR) is 42.9 cm³/mol. The lowest BCUT2D eigenvalue weighted by molar-refractivity contribution is -0.0119. The average Bonchev–Trinajstić information content (AvgIpc) is 2.05. The van der Waals surface area contributed by atoms with Gasteiger partial charge in [-0.05, 0) is 18.0 Å². The van der Waals surface area contributed by atoms with E-state index in [0.717, 1.165) is 6.42 Å². The molecule has 1 atom stereocenters. The van der Waals surface area contributed by atoms with E-state index in [2.05, 4.69) is 0 Å². The monoisotopic (exact) mass is 177 g/mol. The van der Waals surface area contributed by atoms with Crippen LogP contribution >= 0.6 is 11.6 Å². The van der Waals surface area contributed by atoms with E-state index < -0.39 is 0 Å². The number of halogens is 1. The van der Waals surface area contributed by atoms with E-state index in [1.807, 2.05) is 6.92 Å². The number of rotatable bonds is 1. The minimum Gasteiger partial charge on any atom is -0.375 e. The second kappa shape index (κ2) is 3.93. The Kier molecular flexibility index (Phi) is 3.15. The van der Waals surface area contributed by atoms with Gasteiger partial charge < -0.3 is 9.64 Å². The molecule has 0 aromatic rings. The lowest BCUT2D eigenvalue weighted by Gasteiger charge is -2.30. The lowest BCUT2D eigenvalue weighted by Crippen LogP contribution is -2.43. The molecule has 4 heteroatoms. The minimum absolute atomic E-state index is 0.173. The van der Waals surface area contributed by atoms with Gasteiger partial charge in [0.05, 0.1) is 12.7 Å². The molecule has 0 aliphatic carbocycles. The fourth-order valence-electron chi connectivity index (χ4n) is 1.13. The van der Waals surface area contributed by atoms with Crippen molar-refractivity contribution in [2.24, 2.45) is 0 Å². The van der Waals surface area contributed by atoms with E-state index in [1.54, 1.807) is 4.90 Å². The molecule has 1 fully saturated rings. The van der Waals surface area contributed by atoms with Crippen LogP contribution in [0.3, 0.4) is 0 Å². The molecule has 0 aromatic carbocycles. The first kappa shape index (κ1) is 8.81. The van der Waals surface area contributed by atoms with Crippen molar-refractivity contribution in [3.05, 3.63) is 0 Å². The first-order valence-electron chi connectivity index (χ1n) is 3.80. The third-order valence-corrected chi connectivity index (χ3v) is 2.08. The summed E-state index contributed by atoms with van der Waals surface area (Å²) in [7, 11) is 0. The number of morpholine rings is 1. The van der Waals surface area contributed by atoms with Crippen LogP contribution < -0.4 is 0 Å². The fraction of sp³-hybridized carbons (Fsp3) is 0.857. The average molecular weight is 178 g/mol. The first-order chi connectivity index (χ1) is 5.24. The number of hydrogen-bond donors (Lipinski definition) is 0. The Morgan fingerprint density at radius 1 is 1.82 bits per heavy atom. The molecule has 11 heavy (non-hydrogen) atoms. The Morgan fingerprint density at radius 3 is 3.09 bits per heavy atom. The van der Waals surface area contributed by atoms with Gasteiger partial charge in [0.25, 0.3) is 0 Å². The van der Waals surface area contributed by atoms with Gasteiger partial charge in [-0.1, -0.05) is 6.92 Å². The van der Waals surface area contributed by atoms with Gasteiger partial charge in [0.1, 0.15) is 0 Å². The van der Waals surface area contributed by atoms with E-state index in [-0.39, 0.29) is 11.5 Å². The zero-order valence-corrected chi connectivity index (χ0v) is 7.30. The molecule has 0 aromatic heterocycles. The largest absolute Gasteiger partial charge is 0.375 e. The smallest absolute Gasteiger partial charge is 0.316 e. The lowest BCUT2D eigenvalue weighted by atomic mass is 10.2. The van der Waals surface area contributed by atoms with Crippen molar-refractivity contribution >= 4 is 17.0 Å². The van der Waals surface area contributed by atoms with Crippen LogP contribution in [0.25, 0.3) is 0 Å². The molecule has 0 radical (unpaired) electrons. The Hall–Kier alpha value is -0.280. The van der Waals surface area contributed by atoms with Gasteiger partial charge in [0.2, 0.25) is 0 Å². The summed E-state index contributed by atoms with van der Waals surface area (Å²) in [5, 5.41) is -0.369. The van der Waals surface area contributed by atoms with E-state index in [9.17, 15) is 4.79 Å². The van der Waals surface area contributed by atoms with Crippen molar-refractivity contribution in [1.29, 1.82) is 0 Å². The molecule has 0 spiro atoms. The molecule has 0 bridgehead atoms. The molecule has 0 N–H and O–H groups in total. The van der Waals surface area contributed by atoms with Crippen LogP contribution in [0.2, 0.25) is 0 Å². The first-order valence-corrected chi connectivity index (χ1v) is 4.18. The number of hydrogen-bond acceptors (Lipinski definition) is 2. The second-order valence-corrected chi connectivity index (χ2v) is 2.92. The van der Waals surface area contributed by atoms with Crippen LogP contribution in [0.15, 0.2) is 0 Å². The van der Waals surface area contributed by atoms with Gasteiger partial charge in [0.15, 0.2) is 0 Å². The summed E-state index contributed by atoms with van der Waals surface area (Å²) in [5.41, 5.74) is 0. The third-order valence-electron chi connectivity index (χ3n) is 1.84. The van der Waals surface area contributed by atoms with E-state index in [1.165, 1.54) is 0 Å². The maximum atomic E-state index is 10.7. The Morgan fingerprint density at radius 2 is 2.55 bits per heavy atom. The molecule has 64 valence electrons. The summed E-state index contributed by atoms with van der Waals surface area (Å²) in [5.74, 6) is 0. The van der Waals surface area contributed by atoms with Crippen LogP contribution in [-0.4, -0.2) is 36.1 Å². The number of ether oxygens (including phenoxy) is 1. The quantitative estimate of drug-likeness (QED) is 0.448. The third kappa shape index (κ3) is 2.34. The van der Waals surface area contributed by atoms with Crippen molar-refractivity contribution in [3.63, 3.8) is 0 Å². The summed E-state index contributed by atoms with van der Waals surface area (Å²) in [6.07, 6.45) is 1.10. The molecule has 1 heterocycles. The normalized spacial score (nSPS) is 25.3. The molecular formula is C7H12ClNO2. The Bertz CT molecular complexity index is 151. The minimum atomic E-state index is -0.369. The highest BCUT2D eigenvalue weighted by molar-refractivity contribution is 6.62. The van der Waals surface area contributed by atoms with Crippen molar-refractivity contribution in [2.75, 3.05) is 19.7 Å². The highest BCUT2D eigenvalue weighted by atomic mass is 35.5. The van der Waals surface area contributed by atoms with Crippen molar-refractivity contribution in [1.82, 2.24) is 4.90 Å². The second-order valence-electron chi connectivity index (χ2n) is 2.60. The molecule has 3 nitrogen and oxygen atoms in total. The van der Waals surface area contributed by atoms with Gasteiger partial charge in [0, 0.05) is 13.1 Å². The Labute approximate surface area is 71.3 Å². The van der Waals surface area contributed by atoms with Crippen LogP contribution in [0.4, 0.5) is 4.79 Å². The van der Waals surface area contributed by atoms with Crippen LogP contribution in [0.5, 0.6) is 0 Å². The van der Waals surface area contributed by atoms with Crippen molar-refractivity contribution in [2.45, 2.75) is 19.4 Å². The highest BCUT2D eigenvalue weighted by Crippen LogP contribution is 2.09. The molecule has 1 unspecified atom stereocenters. The van der Waals surface area contributed by atoms with Crippen molar-refractivity contribution in [3.8, 4) is 0 Å². The molecule has 0 saturated carbocycles. The van der Waals surface area contributed by atoms with Crippen molar-refractivity contribution < 1.29 is 9.53 Å². The summed E-state index contributed by atoms with van der Waals surface area (Å²) in [4.78, 5) is 12.3. The maximum absolute atomic E-state index is 10.7. The Balaban J connectivity index is 2.39. The zero-order chi connectivity index (χ0) is 8.27. The highest BCUT2D eigenvalue weighted by Gasteiger charge is 2.21. The number of carbonyl (C=O) groups excluding carboxylic acids is 1. The number of nitrogens with zero attached hydrogens (tertiary/aromatic N) is 1. The summed E-state index contributed by atoms with van der Waals surface area (Å²) in [6, 6.07) is 0. The fourth-order valence-corrected chi connectivity index (χ4v) is 1.28. The van der Waals surface area contributed by atoms with Crippen LogP contribution in [0.1, 0.15) is 13.3 Å². The van der Waals surface area contributed by atoms with E-state index >= 15 is 0 Å².